The Balaban J connectivity index is 2.15. The van der Waals surface area contributed by atoms with Gasteiger partial charge in [-0.2, -0.15) is 0 Å². The first-order valence-corrected chi connectivity index (χ1v) is 5.48. The van der Waals surface area contributed by atoms with Gasteiger partial charge in [-0.3, -0.25) is 0 Å². The second-order valence-electron chi connectivity index (χ2n) is 3.87. The Morgan fingerprint density at radius 2 is 2.40 bits per heavy atom. The largest absolute Gasteiger partial charge is 0.354 e. The molecule has 0 saturated carbocycles. The smallest absolute Gasteiger partial charge is 0.185 e. The Bertz CT molecular complexity index is 488. The van der Waals surface area contributed by atoms with Crippen molar-refractivity contribution in [1.82, 2.24) is 10.5 Å². The van der Waals surface area contributed by atoms with Gasteiger partial charge in [0.05, 0.1) is 10.7 Å². The molecule has 1 aromatic heterocycles. The van der Waals surface area contributed by atoms with Crippen molar-refractivity contribution in [2.24, 2.45) is 0 Å². The van der Waals surface area contributed by atoms with E-state index in [1.807, 2.05) is 18.2 Å². The van der Waals surface area contributed by atoms with Gasteiger partial charge < -0.3 is 9.84 Å². The van der Waals surface area contributed by atoms with Gasteiger partial charge >= 0.3 is 0 Å². The number of nitrogens with zero attached hydrogens (tertiary/aromatic N) is 1. The Morgan fingerprint density at radius 3 is 3.20 bits per heavy atom. The quantitative estimate of drug-likeness (QED) is 0.806. The molecule has 2 heterocycles. The summed E-state index contributed by atoms with van der Waals surface area (Å²) in [5, 5.41) is 9.15. The number of hydrogen-bond donors (Lipinski definition) is 1. The fourth-order valence-electron chi connectivity index (χ4n) is 2.13. The van der Waals surface area contributed by atoms with Crippen LogP contribution in [0.3, 0.4) is 0 Å². The number of fused-ring (bicyclic) bond motifs is 1. The summed E-state index contributed by atoms with van der Waals surface area (Å²) in [7, 11) is 0. The van der Waals surface area contributed by atoms with Crippen LogP contribution in [0.1, 0.15) is 18.0 Å². The molecule has 2 aromatic rings. The van der Waals surface area contributed by atoms with Crippen LogP contribution in [0.2, 0.25) is 5.02 Å². The minimum absolute atomic E-state index is 0.463. The van der Waals surface area contributed by atoms with E-state index >= 15 is 0 Å². The van der Waals surface area contributed by atoms with Gasteiger partial charge in [0, 0.05) is 17.8 Å². The lowest BCUT2D eigenvalue weighted by Gasteiger charge is -2.02. The number of hydrogen-bond acceptors (Lipinski definition) is 3. The lowest BCUT2D eigenvalue weighted by Crippen LogP contribution is -2.08. The third-order valence-corrected chi connectivity index (χ3v) is 3.22. The average molecular weight is 223 g/mol. The molecule has 1 fully saturated rings. The molecular weight excluding hydrogens is 212 g/mol. The highest BCUT2D eigenvalue weighted by Crippen LogP contribution is 2.32. The van der Waals surface area contributed by atoms with Crippen molar-refractivity contribution >= 4 is 22.6 Å². The van der Waals surface area contributed by atoms with Crippen LogP contribution in [0.5, 0.6) is 0 Å². The summed E-state index contributed by atoms with van der Waals surface area (Å²) in [4.78, 5) is 0. The Morgan fingerprint density at radius 1 is 1.47 bits per heavy atom. The van der Waals surface area contributed by atoms with Gasteiger partial charge in [-0.1, -0.05) is 22.8 Å². The van der Waals surface area contributed by atoms with Crippen LogP contribution in [0.4, 0.5) is 0 Å². The van der Waals surface area contributed by atoms with E-state index in [1.165, 1.54) is 0 Å². The molecule has 1 saturated heterocycles. The van der Waals surface area contributed by atoms with E-state index in [4.69, 9.17) is 16.1 Å². The number of rotatable bonds is 1. The summed E-state index contributed by atoms with van der Waals surface area (Å²) in [6.07, 6.45) is 1.12. The second kappa shape index (κ2) is 3.51. The van der Waals surface area contributed by atoms with Crippen LogP contribution in [0.25, 0.3) is 11.0 Å². The molecule has 0 amide bonds. The summed E-state index contributed by atoms with van der Waals surface area (Å²) in [6, 6.07) is 5.78. The van der Waals surface area contributed by atoms with Gasteiger partial charge in [-0.05, 0) is 25.1 Å². The van der Waals surface area contributed by atoms with Crippen LogP contribution in [0, 0.1) is 0 Å². The van der Waals surface area contributed by atoms with Gasteiger partial charge in [0.25, 0.3) is 0 Å². The van der Waals surface area contributed by atoms with E-state index in [-0.39, 0.29) is 0 Å². The molecule has 3 nitrogen and oxygen atoms in total. The molecule has 3 rings (SSSR count). The van der Waals surface area contributed by atoms with Crippen molar-refractivity contribution < 1.29 is 4.52 Å². The molecule has 1 N–H and O–H groups in total. The van der Waals surface area contributed by atoms with Crippen LogP contribution in [-0.4, -0.2) is 18.2 Å². The molecule has 1 unspecified atom stereocenters. The topological polar surface area (TPSA) is 38.1 Å². The molecule has 0 radical (unpaired) electrons. The SMILES string of the molecule is Clc1cccc2c(C3CCNC3)noc12. The summed E-state index contributed by atoms with van der Waals surface area (Å²) in [5.74, 6) is 0.463. The molecule has 4 heteroatoms. The van der Waals surface area contributed by atoms with Gasteiger partial charge in [0.15, 0.2) is 5.58 Å². The fraction of sp³-hybridized carbons (Fsp3) is 0.364. The highest BCUT2D eigenvalue weighted by molar-refractivity contribution is 6.34. The van der Waals surface area contributed by atoms with Crippen molar-refractivity contribution in [2.45, 2.75) is 12.3 Å². The lowest BCUT2D eigenvalue weighted by atomic mass is 10.0. The average Bonchev–Trinajstić information content (AvgIpc) is 2.85. The summed E-state index contributed by atoms with van der Waals surface area (Å²) >= 11 is 6.03. The number of halogens is 1. The van der Waals surface area contributed by atoms with Gasteiger partial charge in [-0.15, -0.1) is 0 Å². The predicted octanol–water partition coefficient (Wildman–Crippen LogP) is 2.56. The number of aromatic nitrogens is 1. The Kier molecular flexibility index (Phi) is 2.15. The monoisotopic (exact) mass is 222 g/mol. The summed E-state index contributed by atoms with van der Waals surface area (Å²) in [6.45, 7) is 2.04. The molecule has 78 valence electrons. The molecule has 0 spiro atoms. The van der Waals surface area contributed by atoms with Crippen molar-refractivity contribution in [2.75, 3.05) is 13.1 Å². The van der Waals surface area contributed by atoms with Gasteiger partial charge in [0.2, 0.25) is 0 Å². The van der Waals surface area contributed by atoms with Crippen LogP contribution in [0.15, 0.2) is 22.7 Å². The zero-order chi connectivity index (χ0) is 10.3. The van der Waals surface area contributed by atoms with E-state index in [0.29, 0.717) is 16.5 Å². The molecule has 1 aromatic carbocycles. The van der Waals surface area contributed by atoms with E-state index in [1.54, 1.807) is 0 Å². The highest BCUT2D eigenvalue weighted by Gasteiger charge is 2.23. The number of nitrogens with one attached hydrogen (secondary N) is 1. The Hall–Kier alpha value is -1.06. The lowest BCUT2D eigenvalue weighted by molar-refractivity contribution is 0.439. The third-order valence-electron chi connectivity index (χ3n) is 2.93. The zero-order valence-electron chi connectivity index (χ0n) is 8.16. The van der Waals surface area contributed by atoms with E-state index in [2.05, 4.69) is 10.5 Å². The molecule has 0 aliphatic carbocycles. The van der Waals surface area contributed by atoms with Crippen molar-refractivity contribution in [3.05, 3.63) is 28.9 Å². The zero-order valence-corrected chi connectivity index (χ0v) is 8.92. The molecular formula is C11H11ClN2O. The maximum Gasteiger partial charge on any atom is 0.185 e. The molecule has 0 bridgehead atoms. The fourth-order valence-corrected chi connectivity index (χ4v) is 2.34. The summed E-state index contributed by atoms with van der Waals surface area (Å²) in [5.41, 5.74) is 1.75. The van der Waals surface area contributed by atoms with Gasteiger partial charge in [-0.25, -0.2) is 0 Å². The molecule has 15 heavy (non-hydrogen) atoms. The van der Waals surface area contributed by atoms with Crippen molar-refractivity contribution in [3.63, 3.8) is 0 Å². The predicted molar refractivity (Wildman–Crippen MR) is 59.2 cm³/mol. The van der Waals surface area contributed by atoms with Crippen molar-refractivity contribution in [3.8, 4) is 0 Å². The number of benzene rings is 1. The molecule has 1 aliphatic rings. The Labute approximate surface area is 92.4 Å². The second-order valence-corrected chi connectivity index (χ2v) is 4.28. The maximum absolute atomic E-state index is 6.03. The standard InChI is InChI=1S/C11H11ClN2O/c12-9-3-1-2-8-10(14-15-11(8)9)7-4-5-13-6-7/h1-3,7,13H,4-6H2. The minimum Gasteiger partial charge on any atom is -0.354 e. The normalized spacial score (nSPS) is 21.3. The maximum atomic E-state index is 6.03. The van der Waals surface area contributed by atoms with E-state index < -0.39 is 0 Å². The third kappa shape index (κ3) is 1.43. The highest BCUT2D eigenvalue weighted by atomic mass is 35.5. The van der Waals surface area contributed by atoms with E-state index in [9.17, 15) is 0 Å². The van der Waals surface area contributed by atoms with Crippen LogP contribution >= 0.6 is 11.6 Å². The first-order chi connectivity index (χ1) is 7.36. The number of para-hydroxylation sites is 1. The first kappa shape index (κ1) is 9.19. The van der Waals surface area contributed by atoms with Gasteiger partial charge in [0.1, 0.15) is 0 Å². The van der Waals surface area contributed by atoms with Crippen LogP contribution < -0.4 is 5.32 Å². The molecule has 1 atom stereocenters. The first-order valence-electron chi connectivity index (χ1n) is 5.11. The summed E-state index contributed by atoms with van der Waals surface area (Å²) < 4.78 is 5.28. The van der Waals surface area contributed by atoms with Crippen LogP contribution in [-0.2, 0) is 0 Å². The minimum atomic E-state index is 0.463. The van der Waals surface area contributed by atoms with E-state index in [0.717, 1.165) is 30.6 Å². The molecule has 1 aliphatic heterocycles. The van der Waals surface area contributed by atoms with Crippen molar-refractivity contribution in [1.29, 1.82) is 0 Å².